The van der Waals surface area contributed by atoms with E-state index in [4.69, 9.17) is 0 Å². The van der Waals surface area contributed by atoms with Crippen molar-refractivity contribution in [3.63, 3.8) is 0 Å². The van der Waals surface area contributed by atoms with E-state index in [0.29, 0.717) is 9.26 Å². The molecule has 0 spiro atoms. The van der Waals surface area contributed by atoms with Crippen molar-refractivity contribution in [2.24, 2.45) is 0 Å². The number of halogens is 4. The number of hydrogen-bond acceptors (Lipinski definition) is 1. The number of aromatic nitrogens is 2. The van der Waals surface area contributed by atoms with Crippen LogP contribution in [0.5, 0.6) is 0 Å². The van der Waals surface area contributed by atoms with Crippen LogP contribution in [-0.2, 0) is 0 Å². The number of rotatable bonds is 2. The molecule has 2 aromatic rings. The predicted molar refractivity (Wildman–Crippen MR) is 69.4 cm³/mol. The van der Waals surface area contributed by atoms with Crippen LogP contribution in [0.3, 0.4) is 0 Å². The average Bonchev–Trinajstić information content (AvgIpc) is 2.62. The molecule has 16 heavy (non-hydrogen) atoms. The molecule has 0 unspecified atom stereocenters. The molecule has 2 nitrogen and oxygen atoms in total. The van der Waals surface area contributed by atoms with Crippen LogP contribution in [0, 0.1) is 3.70 Å². The van der Waals surface area contributed by atoms with E-state index in [1.165, 1.54) is 0 Å². The third-order valence-corrected chi connectivity index (χ3v) is 3.41. The van der Waals surface area contributed by atoms with Crippen molar-refractivity contribution < 1.29 is 8.78 Å². The van der Waals surface area contributed by atoms with Crippen LogP contribution in [0.2, 0.25) is 0 Å². The molecule has 0 saturated carbocycles. The van der Waals surface area contributed by atoms with E-state index in [2.05, 4.69) is 26.1 Å². The van der Waals surface area contributed by atoms with Crippen LogP contribution in [0.15, 0.2) is 28.7 Å². The first-order chi connectivity index (χ1) is 7.59. The Kier molecular flexibility index (Phi) is 3.58. The van der Waals surface area contributed by atoms with Crippen LogP contribution >= 0.6 is 38.5 Å². The van der Waals surface area contributed by atoms with Crippen LogP contribution < -0.4 is 0 Å². The second-order valence-corrected chi connectivity index (χ2v) is 5.05. The topological polar surface area (TPSA) is 28.7 Å². The Hall–Kier alpha value is -0.500. The van der Waals surface area contributed by atoms with Crippen LogP contribution in [-0.4, -0.2) is 10.2 Å². The quantitative estimate of drug-likeness (QED) is 0.747. The average molecular weight is 399 g/mol. The lowest BCUT2D eigenvalue weighted by atomic mass is 10.1. The van der Waals surface area contributed by atoms with Gasteiger partial charge in [0, 0.05) is 10.0 Å². The fourth-order valence-corrected chi connectivity index (χ4v) is 2.37. The van der Waals surface area contributed by atoms with Gasteiger partial charge in [0.2, 0.25) is 0 Å². The van der Waals surface area contributed by atoms with E-state index < -0.39 is 6.43 Å². The van der Waals surface area contributed by atoms with Gasteiger partial charge in [0.25, 0.3) is 6.43 Å². The molecular weight excluding hydrogens is 393 g/mol. The molecule has 0 radical (unpaired) electrons. The monoisotopic (exact) mass is 398 g/mol. The summed E-state index contributed by atoms with van der Waals surface area (Å²) >= 11 is 5.24. The summed E-state index contributed by atoms with van der Waals surface area (Å²) in [5, 5.41) is 6.17. The lowest BCUT2D eigenvalue weighted by Gasteiger charge is -2.03. The molecule has 0 aliphatic carbocycles. The first kappa shape index (κ1) is 12.0. The highest BCUT2D eigenvalue weighted by Gasteiger charge is 2.20. The van der Waals surface area contributed by atoms with Crippen molar-refractivity contribution in [2.75, 3.05) is 0 Å². The summed E-state index contributed by atoms with van der Waals surface area (Å²) in [5.41, 5.74) is 1.08. The molecule has 0 bridgehead atoms. The zero-order chi connectivity index (χ0) is 11.7. The number of benzene rings is 1. The van der Waals surface area contributed by atoms with E-state index in [1.54, 1.807) is 12.1 Å². The molecule has 1 heterocycles. The van der Waals surface area contributed by atoms with Crippen LogP contribution in [0.25, 0.3) is 11.1 Å². The van der Waals surface area contributed by atoms with Gasteiger partial charge in [0.15, 0.2) is 0 Å². The highest BCUT2D eigenvalue weighted by atomic mass is 127. The van der Waals surface area contributed by atoms with E-state index in [-0.39, 0.29) is 5.69 Å². The summed E-state index contributed by atoms with van der Waals surface area (Å²) in [6, 6.07) is 7.19. The molecule has 1 aromatic heterocycles. The fraction of sp³-hybridized carbons (Fsp3) is 0.100. The molecule has 0 amide bonds. The van der Waals surface area contributed by atoms with Crippen LogP contribution in [0.4, 0.5) is 8.78 Å². The third-order valence-electron chi connectivity index (χ3n) is 2.10. The van der Waals surface area contributed by atoms with Gasteiger partial charge in [-0.1, -0.05) is 28.1 Å². The maximum absolute atomic E-state index is 12.7. The zero-order valence-corrected chi connectivity index (χ0v) is 11.6. The minimum Gasteiger partial charge on any atom is -0.275 e. The van der Waals surface area contributed by atoms with Crippen molar-refractivity contribution >= 4 is 38.5 Å². The lowest BCUT2D eigenvalue weighted by molar-refractivity contribution is 0.146. The van der Waals surface area contributed by atoms with Crippen LogP contribution in [0.1, 0.15) is 12.1 Å². The molecule has 0 atom stereocenters. The Balaban J connectivity index is 2.54. The second kappa shape index (κ2) is 4.79. The number of aromatic amines is 1. The van der Waals surface area contributed by atoms with Gasteiger partial charge in [-0.25, -0.2) is 8.78 Å². The van der Waals surface area contributed by atoms with E-state index in [1.807, 2.05) is 34.7 Å². The normalized spacial score (nSPS) is 11.1. The maximum atomic E-state index is 12.7. The van der Waals surface area contributed by atoms with Gasteiger partial charge < -0.3 is 0 Å². The summed E-state index contributed by atoms with van der Waals surface area (Å²) in [7, 11) is 0. The Morgan fingerprint density at radius 2 is 1.88 bits per heavy atom. The number of nitrogens with one attached hydrogen (secondary N) is 1. The zero-order valence-electron chi connectivity index (χ0n) is 7.85. The highest BCUT2D eigenvalue weighted by molar-refractivity contribution is 14.1. The van der Waals surface area contributed by atoms with Gasteiger partial charge in [-0.3, -0.25) is 5.10 Å². The number of hydrogen-bond donors (Lipinski definition) is 1. The van der Waals surface area contributed by atoms with Gasteiger partial charge in [-0.05, 0) is 40.3 Å². The lowest BCUT2D eigenvalue weighted by Crippen LogP contribution is -1.88. The van der Waals surface area contributed by atoms with Gasteiger partial charge in [0.1, 0.15) is 9.39 Å². The fourth-order valence-electron chi connectivity index (χ4n) is 1.38. The minimum atomic E-state index is -2.55. The smallest absolute Gasteiger partial charge is 0.275 e. The highest BCUT2D eigenvalue weighted by Crippen LogP contribution is 2.33. The number of nitrogens with zero attached hydrogens (tertiary/aromatic N) is 1. The molecule has 84 valence electrons. The Morgan fingerprint density at radius 1 is 1.25 bits per heavy atom. The molecular formula is C10H6BrF2IN2. The first-order valence-electron chi connectivity index (χ1n) is 4.37. The first-order valence-corrected chi connectivity index (χ1v) is 6.24. The van der Waals surface area contributed by atoms with Gasteiger partial charge >= 0.3 is 0 Å². The predicted octanol–water partition coefficient (Wildman–Crippen LogP) is 4.38. The molecule has 0 aliphatic rings. The van der Waals surface area contributed by atoms with Gasteiger partial charge in [0.05, 0.1) is 0 Å². The summed E-state index contributed by atoms with van der Waals surface area (Å²) < 4.78 is 26.9. The second-order valence-electron chi connectivity index (χ2n) is 3.11. The Labute approximate surface area is 113 Å². The molecule has 1 aromatic carbocycles. The maximum Gasteiger partial charge on any atom is 0.280 e. The molecule has 0 saturated heterocycles. The van der Waals surface area contributed by atoms with Crippen molar-refractivity contribution in [3.8, 4) is 11.1 Å². The molecule has 0 fully saturated rings. The third kappa shape index (κ3) is 2.27. The van der Waals surface area contributed by atoms with Crippen molar-refractivity contribution in [1.82, 2.24) is 10.2 Å². The van der Waals surface area contributed by atoms with Crippen molar-refractivity contribution in [3.05, 3.63) is 38.1 Å². The Bertz CT molecular complexity index is 496. The van der Waals surface area contributed by atoms with E-state index in [0.717, 1.165) is 10.0 Å². The van der Waals surface area contributed by atoms with Crippen molar-refractivity contribution in [1.29, 1.82) is 0 Å². The molecule has 1 N–H and O–H groups in total. The largest absolute Gasteiger partial charge is 0.280 e. The minimum absolute atomic E-state index is 0.133. The number of alkyl halides is 2. The Morgan fingerprint density at radius 3 is 2.44 bits per heavy atom. The SMILES string of the molecule is FC(F)c1[nH]nc(I)c1-c1ccc(Br)cc1. The van der Waals surface area contributed by atoms with E-state index in [9.17, 15) is 8.78 Å². The molecule has 0 aliphatic heterocycles. The summed E-state index contributed by atoms with van der Waals surface area (Å²) in [5.74, 6) is 0. The summed E-state index contributed by atoms with van der Waals surface area (Å²) in [4.78, 5) is 0. The van der Waals surface area contributed by atoms with Gasteiger partial charge in [-0.2, -0.15) is 5.10 Å². The van der Waals surface area contributed by atoms with Gasteiger partial charge in [-0.15, -0.1) is 0 Å². The standard InChI is InChI=1S/C10H6BrF2IN2/c11-6-3-1-5(2-4-6)7-8(9(12)13)15-16-10(7)14/h1-4,9H,(H,15,16). The summed E-state index contributed by atoms with van der Waals surface area (Å²) in [6.07, 6.45) is -2.55. The summed E-state index contributed by atoms with van der Waals surface area (Å²) in [6.45, 7) is 0. The molecule has 2 rings (SSSR count). The van der Waals surface area contributed by atoms with Crippen molar-refractivity contribution in [2.45, 2.75) is 6.43 Å². The van der Waals surface area contributed by atoms with E-state index >= 15 is 0 Å². The number of H-pyrrole nitrogens is 1. The molecule has 6 heteroatoms.